The van der Waals surface area contributed by atoms with Crippen molar-refractivity contribution < 1.29 is 34.3 Å². The topological polar surface area (TPSA) is 104 Å². The zero-order valence-corrected chi connectivity index (χ0v) is 26.0. The molecule has 0 spiro atoms. The van der Waals surface area contributed by atoms with E-state index in [0.717, 1.165) is 57.0 Å². The van der Waals surface area contributed by atoms with Crippen LogP contribution in [0.15, 0.2) is 72.8 Å². The molecule has 0 bridgehead atoms. The number of hydrogen-bond acceptors (Lipinski definition) is 9. The zero-order valence-electron chi connectivity index (χ0n) is 26.0. The van der Waals surface area contributed by atoms with Gasteiger partial charge in [-0.05, 0) is 86.7 Å². The fourth-order valence-electron chi connectivity index (χ4n) is 6.36. The maximum atomic E-state index is 10.8. The van der Waals surface area contributed by atoms with Crippen molar-refractivity contribution in [2.24, 2.45) is 0 Å². The molecule has 2 saturated heterocycles. The van der Waals surface area contributed by atoms with Crippen LogP contribution in [0.25, 0.3) is 0 Å². The summed E-state index contributed by atoms with van der Waals surface area (Å²) in [4.78, 5) is 4.85. The van der Waals surface area contributed by atoms with Crippen LogP contribution < -0.4 is 19.1 Å². The van der Waals surface area contributed by atoms with Crippen LogP contribution in [0.2, 0.25) is 0 Å². The van der Waals surface area contributed by atoms with Crippen molar-refractivity contribution in [2.75, 3.05) is 37.7 Å². The monoisotopic (exact) mass is 618 g/mol. The van der Waals surface area contributed by atoms with Gasteiger partial charge in [-0.2, -0.15) is 0 Å². The maximum absolute atomic E-state index is 10.8. The van der Waals surface area contributed by atoms with Gasteiger partial charge in [-0.3, -0.25) is 4.90 Å². The highest BCUT2D eigenvalue weighted by atomic mass is 16.7. The molecule has 2 heterocycles. The lowest BCUT2D eigenvalue weighted by Crippen LogP contribution is -2.60. The predicted octanol–water partition coefficient (Wildman–Crippen LogP) is 4.29. The highest BCUT2D eigenvalue weighted by molar-refractivity contribution is 5.49. The molecule has 0 radical (unpaired) electrons. The van der Waals surface area contributed by atoms with E-state index in [-0.39, 0.29) is 12.7 Å². The van der Waals surface area contributed by atoms with Gasteiger partial charge in [0.05, 0.1) is 6.10 Å². The zero-order chi connectivity index (χ0) is 31.2. The van der Waals surface area contributed by atoms with E-state index in [0.29, 0.717) is 11.5 Å². The third-order valence-electron chi connectivity index (χ3n) is 9.13. The number of anilines is 1. The fraction of sp³-hybridized carbons (Fsp3) is 0.500. The molecule has 1 saturated carbocycles. The van der Waals surface area contributed by atoms with E-state index < -0.39 is 30.7 Å². The Labute approximate surface area is 265 Å². The van der Waals surface area contributed by atoms with E-state index in [1.54, 1.807) is 12.1 Å². The van der Waals surface area contributed by atoms with Crippen molar-refractivity contribution in [3.8, 4) is 17.2 Å². The number of hydrogen-bond donors (Lipinski definition) is 3. The third kappa shape index (κ3) is 8.28. The summed E-state index contributed by atoms with van der Waals surface area (Å²) in [6.45, 7) is 6.94. The fourth-order valence-corrected chi connectivity index (χ4v) is 6.36. The second-order valence-electron chi connectivity index (χ2n) is 12.5. The van der Waals surface area contributed by atoms with Crippen LogP contribution >= 0.6 is 0 Å². The predicted molar refractivity (Wildman–Crippen MR) is 172 cm³/mol. The highest BCUT2D eigenvalue weighted by Crippen LogP contribution is 2.29. The molecule has 0 amide bonds. The maximum Gasteiger partial charge on any atom is 0.195 e. The molecule has 242 valence electrons. The Morgan fingerprint density at radius 3 is 2.00 bits per heavy atom. The van der Waals surface area contributed by atoms with E-state index in [1.807, 2.05) is 36.4 Å². The Hall–Kier alpha value is -3.34. The van der Waals surface area contributed by atoms with Gasteiger partial charge in [0.15, 0.2) is 12.4 Å². The Morgan fingerprint density at radius 2 is 1.33 bits per heavy atom. The lowest BCUT2D eigenvalue weighted by Gasteiger charge is -2.40. The van der Waals surface area contributed by atoms with E-state index in [2.05, 4.69) is 41.0 Å². The molecular formula is C36H46N2O7. The Morgan fingerprint density at radius 1 is 0.711 bits per heavy atom. The van der Waals surface area contributed by atoms with Gasteiger partial charge in [0.1, 0.15) is 42.2 Å². The molecule has 0 unspecified atom stereocenters. The summed E-state index contributed by atoms with van der Waals surface area (Å²) in [5.74, 6) is 1.81. The van der Waals surface area contributed by atoms with Crippen LogP contribution in [0.4, 0.5) is 5.69 Å². The van der Waals surface area contributed by atoms with Gasteiger partial charge < -0.3 is 39.2 Å². The van der Waals surface area contributed by atoms with E-state index >= 15 is 0 Å². The van der Waals surface area contributed by atoms with Crippen LogP contribution in [0.5, 0.6) is 17.2 Å². The van der Waals surface area contributed by atoms with Crippen molar-refractivity contribution in [1.29, 1.82) is 0 Å². The molecule has 3 aromatic rings. The SMILES string of the molecule is Cc1ccc(CN2CCN(c3ccc(OC[C@H]4O[C@H](O)[C@H](Oc5ccc(OC6CCCCC6)cc5)[C@@H](O)[C@@H]4O)cc3)CC2)cc1. The first kappa shape index (κ1) is 31.6. The Kier molecular flexibility index (Phi) is 10.4. The lowest BCUT2D eigenvalue weighted by molar-refractivity contribution is -0.279. The summed E-state index contributed by atoms with van der Waals surface area (Å²) in [7, 11) is 0. The number of rotatable bonds is 10. The summed E-state index contributed by atoms with van der Waals surface area (Å²) in [5.41, 5.74) is 3.76. The molecule has 0 aromatic heterocycles. The summed E-state index contributed by atoms with van der Waals surface area (Å²) >= 11 is 0. The first-order valence-corrected chi connectivity index (χ1v) is 16.3. The first-order valence-electron chi connectivity index (χ1n) is 16.3. The molecule has 9 heteroatoms. The van der Waals surface area contributed by atoms with Crippen LogP contribution in [0.1, 0.15) is 43.2 Å². The van der Waals surface area contributed by atoms with Gasteiger partial charge in [-0.15, -0.1) is 0 Å². The van der Waals surface area contributed by atoms with Crippen molar-refractivity contribution in [2.45, 2.75) is 82.4 Å². The number of piperazine rings is 1. The molecule has 45 heavy (non-hydrogen) atoms. The van der Waals surface area contributed by atoms with Crippen molar-refractivity contribution >= 4 is 5.69 Å². The molecule has 3 aromatic carbocycles. The Bertz CT molecular complexity index is 1320. The number of benzene rings is 3. The number of ether oxygens (including phenoxy) is 4. The second kappa shape index (κ2) is 14.8. The van der Waals surface area contributed by atoms with E-state index in [4.69, 9.17) is 18.9 Å². The minimum absolute atomic E-state index is 0.0355. The number of aryl methyl sites for hydroxylation is 1. The molecule has 6 rings (SSSR count). The van der Waals surface area contributed by atoms with Crippen LogP contribution in [-0.2, 0) is 11.3 Å². The number of aliphatic hydroxyl groups excluding tert-OH is 3. The minimum atomic E-state index is -1.44. The number of nitrogens with zero attached hydrogens (tertiary/aromatic N) is 2. The molecule has 3 N–H and O–H groups in total. The Balaban J connectivity index is 0.946. The molecule has 3 aliphatic rings. The normalized spacial score (nSPS) is 26.4. The third-order valence-corrected chi connectivity index (χ3v) is 9.13. The smallest absolute Gasteiger partial charge is 0.195 e. The minimum Gasteiger partial charge on any atom is -0.491 e. The van der Waals surface area contributed by atoms with Crippen LogP contribution in [0, 0.1) is 6.92 Å². The van der Waals surface area contributed by atoms with Crippen molar-refractivity contribution in [3.05, 3.63) is 83.9 Å². The molecule has 1 aliphatic carbocycles. The summed E-state index contributed by atoms with van der Waals surface area (Å²) in [5, 5.41) is 32.2. The summed E-state index contributed by atoms with van der Waals surface area (Å²) < 4.78 is 23.4. The quantitative estimate of drug-likeness (QED) is 0.307. The molecule has 2 aliphatic heterocycles. The van der Waals surface area contributed by atoms with Crippen molar-refractivity contribution in [3.63, 3.8) is 0 Å². The van der Waals surface area contributed by atoms with Crippen molar-refractivity contribution in [1.82, 2.24) is 4.90 Å². The van der Waals surface area contributed by atoms with Gasteiger partial charge in [-0.1, -0.05) is 36.2 Å². The van der Waals surface area contributed by atoms with Gasteiger partial charge in [0, 0.05) is 38.4 Å². The van der Waals surface area contributed by atoms with Crippen LogP contribution in [-0.4, -0.2) is 89.8 Å². The van der Waals surface area contributed by atoms with Gasteiger partial charge in [-0.25, -0.2) is 0 Å². The molecule has 9 nitrogen and oxygen atoms in total. The second-order valence-corrected chi connectivity index (χ2v) is 12.5. The van der Waals surface area contributed by atoms with Crippen LogP contribution in [0.3, 0.4) is 0 Å². The van der Waals surface area contributed by atoms with Gasteiger partial charge >= 0.3 is 0 Å². The van der Waals surface area contributed by atoms with Gasteiger partial charge in [0.25, 0.3) is 0 Å². The average molecular weight is 619 g/mol. The summed E-state index contributed by atoms with van der Waals surface area (Å²) in [6.07, 6.45) is -0.173. The molecule has 3 fully saturated rings. The highest BCUT2D eigenvalue weighted by Gasteiger charge is 2.45. The average Bonchev–Trinajstić information content (AvgIpc) is 3.07. The molecular weight excluding hydrogens is 572 g/mol. The largest absolute Gasteiger partial charge is 0.491 e. The summed E-state index contributed by atoms with van der Waals surface area (Å²) in [6, 6.07) is 23.7. The van der Waals surface area contributed by atoms with Gasteiger partial charge in [0.2, 0.25) is 0 Å². The standard InChI is InChI=1S/C36H46N2O7/c1-25-7-9-26(10-8-25)23-37-19-21-38(22-20-37)27-11-13-28(14-12-27)42-24-32-33(39)34(40)35(36(41)45-32)44-31-17-15-30(16-18-31)43-29-5-3-2-4-6-29/h7-18,29,32-36,39-41H,2-6,19-24H2,1H3/t32-,33-,34+,35-,36+/m1/s1. The first-order chi connectivity index (χ1) is 21.9. The molecule has 5 atom stereocenters. The number of aliphatic hydroxyl groups is 3. The lowest BCUT2D eigenvalue weighted by atomic mass is 9.98. The van der Waals surface area contributed by atoms with E-state index in [1.165, 1.54) is 30.4 Å². The van der Waals surface area contributed by atoms with E-state index in [9.17, 15) is 15.3 Å².